The van der Waals surface area contributed by atoms with Gasteiger partial charge in [0.2, 0.25) is 15.9 Å². The number of hydrogen-bond acceptors (Lipinski definition) is 5. The van der Waals surface area contributed by atoms with Gasteiger partial charge in [-0.15, -0.1) is 12.4 Å². The second-order valence-electron chi connectivity index (χ2n) is 7.13. The Bertz CT molecular complexity index is 813. The molecule has 2 aliphatic rings. The molecule has 8 nitrogen and oxygen atoms in total. The molecular weight excluding hydrogens is 404 g/mol. The minimum absolute atomic E-state index is 0. The van der Waals surface area contributed by atoms with Gasteiger partial charge in [-0.3, -0.25) is 9.59 Å². The lowest BCUT2D eigenvalue weighted by molar-refractivity contribution is -0.122. The van der Waals surface area contributed by atoms with Crippen LogP contribution in [0.2, 0.25) is 0 Å². The third-order valence-corrected chi connectivity index (χ3v) is 7.02. The van der Waals surface area contributed by atoms with Crippen LogP contribution < -0.4 is 11.1 Å². The van der Waals surface area contributed by atoms with Gasteiger partial charge in [-0.2, -0.15) is 4.31 Å². The summed E-state index contributed by atoms with van der Waals surface area (Å²) in [6.45, 7) is 2.91. The van der Waals surface area contributed by atoms with Crippen LogP contribution in [-0.2, 0) is 14.8 Å². The van der Waals surface area contributed by atoms with Crippen LogP contribution in [0.5, 0.6) is 0 Å². The van der Waals surface area contributed by atoms with Crippen molar-refractivity contribution in [2.45, 2.75) is 43.2 Å². The molecule has 0 aromatic heterocycles. The molecule has 3 N–H and O–H groups in total. The molecule has 2 aliphatic heterocycles. The standard InChI is InChI=1S/C18H26N4O4S.ClH/c1-13(19)16-4-2-3-10-22(16)18(24)14-5-7-15(8-6-14)27(25,26)21-11-9-20-17(23)12-21;/h5-8,13,16H,2-4,9-12,19H2,1H3,(H,20,23);1H. The van der Waals surface area contributed by atoms with Crippen molar-refractivity contribution in [1.82, 2.24) is 14.5 Å². The van der Waals surface area contributed by atoms with Crippen LogP contribution in [0.3, 0.4) is 0 Å². The van der Waals surface area contributed by atoms with Crippen molar-refractivity contribution < 1.29 is 18.0 Å². The van der Waals surface area contributed by atoms with Crippen LogP contribution in [0.25, 0.3) is 0 Å². The number of carbonyl (C=O) groups is 2. The number of halogens is 1. The number of benzene rings is 1. The number of amides is 2. The zero-order valence-electron chi connectivity index (χ0n) is 15.8. The van der Waals surface area contributed by atoms with Gasteiger partial charge in [0.05, 0.1) is 11.4 Å². The first-order valence-corrected chi connectivity index (χ1v) is 10.7. The van der Waals surface area contributed by atoms with Gasteiger partial charge in [0.15, 0.2) is 0 Å². The Labute approximate surface area is 171 Å². The number of carbonyl (C=O) groups excluding carboxylic acids is 2. The highest BCUT2D eigenvalue weighted by Gasteiger charge is 2.31. The largest absolute Gasteiger partial charge is 0.354 e. The molecule has 2 unspecified atom stereocenters. The van der Waals surface area contributed by atoms with Gasteiger partial charge < -0.3 is 16.0 Å². The zero-order valence-corrected chi connectivity index (χ0v) is 17.5. The van der Waals surface area contributed by atoms with Gasteiger partial charge in [0.1, 0.15) is 0 Å². The fourth-order valence-corrected chi connectivity index (χ4v) is 5.06. The van der Waals surface area contributed by atoms with Crippen LogP contribution in [0.4, 0.5) is 0 Å². The maximum Gasteiger partial charge on any atom is 0.254 e. The molecule has 3 rings (SSSR count). The molecule has 0 spiro atoms. The number of nitrogens with two attached hydrogens (primary N) is 1. The predicted molar refractivity (Wildman–Crippen MR) is 108 cm³/mol. The van der Waals surface area contributed by atoms with Crippen LogP contribution >= 0.6 is 12.4 Å². The Hall–Kier alpha value is -1.68. The van der Waals surface area contributed by atoms with Crippen molar-refractivity contribution in [3.05, 3.63) is 29.8 Å². The summed E-state index contributed by atoms with van der Waals surface area (Å²) in [6.07, 6.45) is 2.88. The van der Waals surface area contributed by atoms with E-state index in [1.54, 1.807) is 4.90 Å². The predicted octanol–water partition coefficient (Wildman–Crippen LogP) is 0.571. The Morgan fingerprint density at radius 3 is 2.50 bits per heavy atom. The number of piperidine rings is 1. The van der Waals surface area contributed by atoms with E-state index in [4.69, 9.17) is 5.73 Å². The molecule has 0 aliphatic carbocycles. The van der Waals surface area contributed by atoms with E-state index in [1.165, 1.54) is 24.3 Å². The molecule has 2 heterocycles. The van der Waals surface area contributed by atoms with E-state index in [-0.39, 0.29) is 54.3 Å². The van der Waals surface area contributed by atoms with Gasteiger partial charge in [0, 0.05) is 37.3 Å². The molecule has 1 aromatic carbocycles. The number of likely N-dealkylation sites (tertiary alicyclic amines) is 1. The summed E-state index contributed by atoms with van der Waals surface area (Å²) in [5, 5.41) is 2.60. The fraction of sp³-hybridized carbons (Fsp3) is 0.556. The Morgan fingerprint density at radius 1 is 1.21 bits per heavy atom. The van der Waals surface area contributed by atoms with Gasteiger partial charge in [-0.05, 0) is 50.5 Å². The monoisotopic (exact) mass is 430 g/mol. The van der Waals surface area contributed by atoms with Crippen molar-refractivity contribution in [3.63, 3.8) is 0 Å². The van der Waals surface area contributed by atoms with Gasteiger partial charge in [-0.25, -0.2) is 8.42 Å². The fourth-order valence-electron chi connectivity index (χ4n) is 3.66. The van der Waals surface area contributed by atoms with E-state index in [0.29, 0.717) is 18.7 Å². The van der Waals surface area contributed by atoms with E-state index in [1.807, 2.05) is 6.92 Å². The highest BCUT2D eigenvalue weighted by molar-refractivity contribution is 7.89. The van der Waals surface area contributed by atoms with E-state index in [9.17, 15) is 18.0 Å². The molecule has 0 bridgehead atoms. The Balaban J connectivity index is 0.00000280. The summed E-state index contributed by atoms with van der Waals surface area (Å²) >= 11 is 0. The van der Waals surface area contributed by atoms with Crippen molar-refractivity contribution in [1.29, 1.82) is 0 Å². The lowest BCUT2D eigenvalue weighted by Gasteiger charge is -2.38. The maximum absolute atomic E-state index is 12.9. The summed E-state index contributed by atoms with van der Waals surface area (Å²) in [5.41, 5.74) is 6.48. The Kier molecular flexibility index (Phi) is 7.44. The first-order chi connectivity index (χ1) is 12.8. The van der Waals surface area contributed by atoms with E-state index < -0.39 is 10.0 Å². The number of sulfonamides is 1. The van der Waals surface area contributed by atoms with E-state index in [2.05, 4.69) is 5.32 Å². The van der Waals surface area contributed by atoms with Crippen LogP contribution in [-0.4, -0.2) is 67.7 Å². The minimum Gasteiger partial charge on any atom is -0.354 e. The van der Waals surface area contributed by atoms with Crippen molar-refractivity contribution in [2.75, 3.05) is 26.2 Å². The molecule has 2 saturated heterocycles. The number of piperazine rings is 1. The number of nitrogens with one attached hydrogen (secondary N) is 1. The first-order valence-electron chi connectivity index (χ1n) is 9.24. The quantitative estimate of drug-likeness (QED) is 0.725. The zero-order chi connectivity index (χ0) is 19.6. The topological polar surface area (TPSA) is 113 Å². The minimum atomic E-state index is -3.76. The molecule has 0 saturated carbocycles. The molecule has 1 aromatic rings. The molecule has 2 atom stereocenters. The number of nitrogens with zero attached hydrogens (tertiary/aromatic N) is 2. The average molecular weight is 431 g/mol. The number of hydrogen-bond donors (Lipinski definition) is 2. The van der Waals surface area contributed by atoms with Crippen LogP contribution in [0.15, 0.2) is 29.2 Å². The van der Waals surface area contributed by atoms with E-state index >= 15 is 0 Å². The summed E-state index contributed by atoms with van der Waals surface area (Å²) in [5.74, 6) is -0.443. The molecule has 2 fully saturated rings. The summed E-state index contributed by atoms with van der Waals surface area (Å²) in [7, 11) is -3.76. The van der Waals surface area contributed by atoms with Gasteiger partial charge in [0.25, 0.3) is 5.91 Å². The molecule has 2 amide bonds. The van der Waals surface area contributed by atoms with Crippen molar-refractivity contribution >= 4 is 34.2 Å². The van der Waals surface area contributed by atoms with Crippen molar-refractivity contribution in [3.8, 4) is 0 Å². The molecule has 10 heteroatoms. The molecule has 28 heavy (non-hydrogen) atoms. The summed E-state index contributed by atoms with van der Waals surface area (Å²) in [6, 6.07) is 5.82. The summed E-state index contributed by atoms with van der Waals surface area (Å²) in [4.78, 5) is 26.2. The lowest BCUT2D eigenvalue weighted by atomic mass is 9.96. The number of rotatable bonds is 4. The molecular formula is C18H27ClN4O4S. The highest BCUT2D eigenvalue weighted by Crippen LogP contribution is 2.23. The van der Waals surface area contributed by atoms with Gasteiger partial charge in [-0.1, -0.05) is 0 Å². The average Bonchev–Trinajstić information content (AvgIpc) is 2.67. The van der Waals surface area contributed by atoms with Crippen LogP contribution in [0, 0.1) is 0 Å². The van der Waals surface area contributed by atoms with E-state index in [0.717, 1.165) is 23.6 Å². The third kappa shape index (κ3) is 4.65. The SMILES string of the molecule is CC(N)C1CCCCN1C(=O)c1ccc(S(=O)(=O)N2CCNC(=O)C2)cc1.Cl. The second-order valence-corrected chi connectivity index (χ2v) is 9.07. The first kappa shape index (κ1) is 22.6. The smallest absolute Gasteiger partial charge is 0.254 e. The maximum atomic E-state index is 12.9. The normalized spacial score (nSPS) is 22.1. The van der Waals surface area contributed by atoms with Crippen molar-refractivity contribution in [2.24, 2.45) is 5.73 Å². The Morgan fingerprint density at radius 2 is 1.89 bits per heavy atom. The summed E-state index contributed by atoms with van der Waals surface area (Å²) < 4.78 is 26.5. The molecule has 0 radical (unpaired) electrons. The highest BCUT2D eigenvalue weighted by atomic mass is 35.5. The third-order valence-electron chi connectivity index (χ3n) is 5.16. The van der Waals surface area contributed by atoms with Gasteiger partial charge >= 0.3 is 0 Å². The van der Waals surface area contributed by atoms with Crippen LogP contribution in [0.1, 0.15) is 36.5 Å². The molecule has 156 valence electrons. The lowest BCUT2D eigenvalue weighted by Crippen LogP contribution is -2.51. The second kappa shape index (κ2) is 9.21.